The lowest BCUT2D eigenvalue weighted by Gasteiger charge is -2.42. The lowest BCUT2D eigenvalue weighted by Crippen LogP contribution is -2.60. The molecule has 0 saturated carbocycles. The number of sulfonamides is 1. The van der Waals surface area contributed by atoms with Gasteiger partial charge in [-0.05, 0) is 12.1 Å². The van der Waals surface area contributed by atoms with Gasteiger partial charge in [-0.3, -0.25) is 4.79 Å². The summed E-state index contributed by atoms with van der Waals surface area (Å²) in [6, 6.07) is 3.26. The number of nitrogens with zero attached hydrogens (tertiary/aromatic N) is 2. The number of ether oxygens (including phenoxy) is 2. The van der Waals surface area contributed by atoms with Gasteiger partial charge in [-0.25, -0.2) is 8.42 Å². The van der Waals surface area contributed by atoms with Crippen LogP contribution in [0.3, 0.4) is 0 Å². The van der Waals surface area contributed by atoms with Crippen molar-refractivity contribution in [1.82, 2.24) is 9.21 Å². The minimum Gasteiger partial charge on any atom is -0.459 e. The summed E-state index contributed by atoms with van der Waals surface area (Å²) in [5.41, 5.74) is -0.847. The van der Waals surface area contributed by atoms with Gasteiger partial charge in [0.15, 0.2) is 5.76 Å². The van der Waals surface area contributed by atoms with E-state index in [0.29, 0.717) is 19.8 Å². The zero-order valence-electron chi connectivity index (χ0n) is 12.9. The van der Waals surface area contributed by atoms with Crippen LogP contribution in [0.25, 0.3) is 0 Å². The number of morpholine rings is 1. The highest BCUT2D eigenvalue weighted by atomic mass is 32.2. The molecule has 2 aliphatic rings. The molecule has 0 N–H and O–H groups in total. The van der Waals surface area contributed by atoms with Crippen molar-refractivity contribution >= 4 is 15.9 Å². The summed E-state index contributed by atoms with van der Waals surface area (Å²) in [6.45, 7) is 2.04. The number of rotatable bonds is 2. The fourth-order valence-corrected chi connectivity index (χ4v) is 3.79. The van der Waals surface area contributed by atoms with Crippen molar-refractivity contribution in [3.05, 3.63) is 24.2 Å². The molecule has 1 spiro atoms. The van der Waals surface area contributed by atoms with Crippen LogP contribution < -0.4 is 0 Å². The smallest absolute Gasteiger partial charge is 0.289 e. The molecule has 2 fully saturated rings. The quantitative estimate of drug-likeness (QED) is 0.737. The molecule has 3 rings (SSSR count). The van der Waals surface area contributed by atoms with E-state index in [-0.39, 0.29) is 37.9 Å². The molecule has 3 heterocycles. The SMILES string of the molecule is CS(=O)(=O)N1CCOC[C@@]2(CN(C(=O)c3ccco3)CCO2)C1. The average Bonchev–Trinajstić information content (AvgIpc) is 2.95. The fraction of sp³-hybridized carbons (Fsp3) is 0.643. The second-order valence-corrected chi connectivity index (χ2v) is 7.87. The highest BCUT2D eigenvalue weighted by Crippen LogP contribution is 2.25. The van der Waals surface area contributed by atoms with Crippen LogP contribution in [0.15, 0.2) is 22.8 Å². The van der Waals surface area contributed by atoms with E-state index in [4.69, 9.17) is 13.9 Å². The third-order valence-corrected chi connectivity index (χ3v) is 5.30. The molecule has 1 atom stereocenters. The molecule has 0 aromatic carbocycles. The van der Waals surface area contributed by atoms with Crippen LogP contribution in [-0.2, 0) is 19.5 Å². The Hall–Kier alpha value is -1.42. The first-order chi connectivity index (χ1) is 10.9. The number of hydrogen-bond donors (Lipinski definition) is 0. The summed E-state index contributed by atoms with van der Waals surface area (Å²) >= 11 is 0. The molecule has 1 amide bonds. The van der Waals surface area contributed by atoms with Gasteiger partial charge < -0.3 is 18.8 Å². The third kappa shape index (κ3) is 3.57. The first-order valence-corrected chi connectivity index (χ1v) is 9.24. The molecular weight excluding hydrogens is 324 g/mol. The minimum absolute atomic E-state index is 0.174. The molecule has 2 aliphatic heterocycles. The lowest BCUT2D eigenvalue weighted by molar-refractivity contribution is -0.129. The summed E-state index contributed by atoms with van der Waals surface area (Å²) in [5.74, 6) is 0.0318. The monoisotopic (exact) mass is 344 g/mol. The van der Waals surface area contributed by atoms with Crippen LogP contribution in [0.5, 0.6) is 0 Å². The maximum absolute atomic E-state index is 12.5. The molecular formula is C14H20N2O6S. The maximum Gasteiger partial charge on any atom is 0.289 e. The molecule has 8 nitrogen and oxygen atoms in total. The second-order valence-electron chi connectivity index (χ2n) is 5.88. The van der Waals surface area contributed by atoms with Crippen molar-refractivity contribution in [1.29, 1.82) is 0 Å². The Morgan fingerprint density at radius 1 is 1.26 bits per heavy atom. The van der Waals surface area contributed by atoms with E-state index in [0.717, 1.165) is 0 Å². The zero-order chi connectivity index (χ0) is 16.5. The Morgan fingerprint density at radius 3 is 2.78 bits per heavy atom. The molecule has 0 radical (unpaired) electrons. The average molecular weight is 344 g/mol. The van der Waals surface area contributed by atoms with E-state index >= 15 is 0 Å². The topological polar surface area (TPSA) is 89.3 Å². The van der Waals surface area contributed by atoms with Crippen molar-refractivity contribution in [2.45, 2.75) is 5.60 Å². The van der Waals surface area contributed by atoms with Crippen LogP contribution in [-0.4, -0.2) is 81.4 Å². The lowest BCUT2D eigenvalue weighted by atomic mass is 10.0. The Kier molecular flexibility index (Phi) is 4.45. The second kappa shape index (κ2) is 6.23. The van der Waals surface area contributed by atoms with E-state index in [1.54, 1.807) is 17.0 Å². The van der Waals surface area contributed by atoms with Crippen molar-refractivity contribution in [3.63, 3.8) is 0 Å². The minimum atomic E-state index is -3.35. The van der Waals surface area contributed by atoms with Crippen molar-refractivity contribution in [3.8, 4) is 0 Å². The van der Waals surface area contributed by atoms with E-state index in [1.165, 1.54) is 16.8 Å². The summed E-state index contributed by atoms with van der Waals surface area (Å²) in [4.78, 5) is 14.1. The van der Waals surface area contributed by atoms with Crippen molar-refractivity contribution in [2.75, 3.05) is 52.3 Å². The Labute approximate surface area is 135 Å². The molecule has 1 aromatic heterocycles. The van der Waals surface area contributed by atoms with E-state index in [2.05, 4.69) is 0 Å². The highest BCUT2D eigenvalue weighted by Gasteiger charge is 2.43. The van der Waals surface area contributed by atoms with Gasteiger partial charge in [-0.15, -0.1) is 0 Å². The number of carbonyl (C=O) groups excluding carboxylic acids is 1. The largest absolute Gasteiger partial charge is 0.459 e. The molecule has 0 unspecified atom stereocenters. The molecule has 0 aliphatic carbocycles. The van der Waals surface area contributed by atoms with E-state index < -0.39 is 15.6 Å². The molecule has 2 saturated heterocycles. The summed E-state index contributed by atoms with van der Waals surface area (Å²) in [5, 5.41) is 0. The maximum atomic E-state index is 12.5. The standard InChI is InChI=1S/C14H20N2O6S/c1-23(18,19)16-5-7-20-11-14(10-16)9-15(4-8-22-14)13(17)12-3-2-6-21-12/h2-3,6H,4-5,7-11H2,1H3/t14-/m1/s1. The van der Waals surface area contributed by atoms with E-state index in [1.807, 2.05) is 0 Å². The number of carbonyl (C=O) groups is 1. The third-order valence-electron chi connectivity index (χ3n) is 4.05. The van der Waals surface area contributed by atoms with E-state index in [9.17, 15) is 13.2 Å². The summed E-state index contributed by atoms with van der Waals surface area (Å²) in [7, 11) is -3.35. The Balaban J connectivity index is 1.79. The van der Waals surface area contributed by atoms with Gasteiger partial charge in [0, 0.05) is 19.6 Å². The molecule has 9 heteroatoms. The zero-order valence-corrected chi connectivity index (χ0v) is 13.8. The molecule has 23 heavy (non-hydrogen) atoms. The molecule has 128 valence electrons. The number of amides is 1. The van der Waals surface area contributed by atoms with Gasteiger partial charge in [-0.1, -0.05) is 0 Å². The highest BCUT2D eigenvalue weighted by molar-refractivity contribution is 7.88. The van der Waals surface area contributed by atoms with Crippen LogP contribution in [0.4, 0.5) is 0 Å². The van der Waals surface area contributed by atoms with Crippen molar-refractivity contribution < 1.29 is 27.1 Å². The first kappa shape index (κ1) is 16.4. The fourth-order valence-electron chi connectivity index (χ4n) is 2.91. The predicted octanol–water partition coefficient (Wildman–Crippen LogP) is -0.217. The molecule has 0 bridgehead atoms. The van der Waals surface area contributed by atoms with Gasteiger partial charge in [0.1, 0.15) is 5.60 Å². The Morgan fingerprint density at radius 2 is 2.09 bits per heavy atom. The van der Waals surface area contributed by atoms with Crippen LogP contribution in [0.2, 0.25) is 0 Å². The van der Waals surface area contributed by atoms with Crippen LogP contribution >= 0.6 is 0 Å². The van der Waals surface area contributed by atoms with Gasteiger partial charge >= 0.3 is 0 Å². The Bertz CT molecular complexity index is 659. The summed E-state index contributed by atoms with van der Waals surface area (Å²) in [6.07, 6.45) is 2.62. The predicted molar refractivity (Wildman–Crippen MR) is 80.5 cm³/mol. The molecule has 1 aromatic rings. The summed E-state index contributed by atoms with van der Waals surface area (Å²) < 4.78 is 41.7. The van der Waals surface area contributed by atoms with Crippen molar-refractivity contribution in [2.24, 2.45) is 0 Å². The van der Waals surface area contributed by atoms with Gasteiger partial charge in [-0.2, -0.15) is 4.31 Å². The first-order valence-electron chi connectivity index (χ1n) is 7.39. The normalized spacial score (nSPS) is 27.1. The van der Waals surface area contributed by atoms with Gasteiger partial charge in [0.25, 0.3) is 5.91 Å². The van der Waals surface area contributed by atoms with Crippen LogP contribution in [0, 0.1) is 0 Å². The van der Waals surface area contributed by atoms with Gasteiger partial charge in [0.05, 0.1) is 38.9 Å². The number of hydrogen-bond acceptors (Lipinski definition) is 6. The van der Waals surface area contributed by atoms with Gasteiger partial charge in [0.2, 0.25) is 10.0 Å². The number of furan rings is 1. The van der Waals surface area contributed by atoms with Crippen LogP contribution in [0.1, 0.15) is 10.6 Å².